The highest BCUT2D eigenvalue weighted by Crippen LogP contribution is 2.28. The Hall–Kier alpha value is -1.47. The van der Waals surface area contributed by atoms with Crippen LogP contribution < -0.4 is 5.32 Å². The first-order valence-corrected chi connectivity index (χ1v) is 9.28. The van der Waals surface area contributed by atoms with E-state index in [0.29, 0.717) is 19.1 Å². The van der Waals surface area contributed by atoms with Gasteiger partial charge < -0.3 is 14.8 Å². The first kappa shape index (κ1) is 17.4. The minimum absolute atomic E-state index is 0.0812. The van der Waals surface area contributed by atoms with Crippen molar-refractivity contribution in [3.63, 3.8) is 0 Å². The van der Waals surface area contributed by atoms with E-state index in [0.717, 1.165) is 38.4 Å². The Morgan fingerprint density at radius 2 is 2.00 bits per heavy atom. The Bertz CT molecular complexity index is 525. The highest BCUT2D eigenvalue weighted by Gasteiger charge is 2.19. The van der Waals surface area contributed by atoms with Gasteiger partial charge in [0.15, 0.2) is 5.82 Å². The molecular weight excluding hydrogens is 304 g/mol. The number of carbonyl (C=O) groups excluding carboxylic acids is 1. The fourth-order valence-corrected chi connectivity index (χ4v) is 3.75. The largest absolute Gasteiger partial charge is 0.348 e. The summed E-state index contributed by atoms with van der Waals surface area (Å²) in [5.41, 5.74) is 0. The summed E-state index contributed by atoms with van der Waals surface area (Å²) in [5.74, 6) is 0.962. The van der Waals surface area contributed by atoms with Crippen molar-refractivity contribution < 1.29 is 4.79 Å². The number of nitrogens with zero attached hydrogens (tertiary/aromatic N) is 5. The van der Waals surface area contributed by atoms with Crippen LogP contribution in [0.15, 0.2) is 6.33 Å². The van der Waals surface area contributed by atoms with E-state index >= 15 is 0 Å². The Balaban J connectivity index is 1.47. The molecule has 1 saturated heterocycles. The van der Waals surface area contributed by atoms with E-state index in [2.05, 4.69) is 36.9 Å². The fraction of sp³-hybridized carbons (Fsp3) is 0.824. The number of likely N-dealkylation sites (N-methyl/N-ethyl adjacent to an activating group) is 1. The molecule has 1 saturated carbocycles. The number of nitrogens with one attached hydrogen (secondary N) is 1. The SMILES string of the molecule is CN1CCCN(CC(=O)NCc2nncn2C2CCCCC2)CC1. The molecule has 0 spiro atoms. The predicted octanol–water partition coefficient (Wildman–Crippen LogP) is 1.04. The van der Waals surface area contributed by atoms with Gasteiger partial charge in [-0.15, -0.1) is 10.2 Å². The van der Waals surface area contributed by atoms with Crippen LogP contribution in [0, 0.1) is 0 Å². The molecule has 0 atom stereocenters. The summed E-state index contributed by atoms with van der Waals surface area (Å²) in [7, 11) is 2.14. The summed E-state index contributed by atoms with van der Waals surface area (Å²) in [6, 6.07) is 0.502. The van der Waals surface area contributed by atoms with E-state index in [1.807, 2.05) is 6.33 Å². The average Bonchev–Trinajstić information content (AvgIpc) is 2.98. The topological polar surface area (TPSA) is 66.3 Å². The van der Waals surface area contributed by atoms with Gasteiger partial charge in [0.1, 0.15) is 6.33 Å². The first-order valence-electron chi connectivity index (χ1n) is 9.28. The third-order valence-electron chi connectivity index (χ3n) is 5.24. The zero-order chi connectivity index (χ0) is 16.8. The van der Waals surface area contributed by atoms with E-state index in [1.165, 1.54) is 32.1 Å². The molecule has 2 aliphatic rings. The van der Waals surface area contributed by atoms with Crippen LogP contribution in [-0.4, -0.2) is 70.2 Å². The second-order valence-corrected chi connectivity index (χ2v) is 7.16. The van der Waals surface area contributed by atoms with Crippen LogP contribution in [0.5, 0.6) is 0 Å². The van der Waals surface area contributed by atoms with E-state index in [-0.39, 0.29) is 5.91 Å². The average molecular weight is 334 g/mol. The number of carbonyl (C=O) groups is 1. The van der Waals surface area contributed by atoms with Crippen molar-refractivity contribution in [1.29, 1.82) is 0 Å². The van der Waals surface area contributed by atoms with Gasteiger partial charge in [0, 0.05) is 19.1 Å². The lowest BCUT2D eigenvalue weighted by molar-refractivity contribution is -0.122. The molecule has 0 unspecified atom stereocenters. The van der Waals surface area contributed by atoms with Gasteiger partial charge in [-0.2, -0.15) is 0 Å². The van der Waals surface area contributed by atoms with Crippen molar-refractivity contribution in [2.75, 3.05) is 39.8 Å². The number of amides is 1. The summed E-state index contributed by atoms with van der Waals surface area (Å²) in [5, 5.41) is 11.3. The van der Waals surface area contributed by atoms with Gasteiger partial charge in [0.05, 0.1) is 13.1 Å². The first-order chi connectivity index (χ1) is 11.7. The van der Waals surface area contributed by atoms with Crippen molar-refractivity contribution in [2.45, 2.75) is 51.1 Å². The number of aromatic nitrogens is 3. The molecule has 7 heteroatoms. The molecule has 134 valence electrons. The van der Waals surface area contributed by atoms with Crippen molar-refractivity contribution in [2.24, 2.45) is 0 Å². The van der Waals surface area contributed by atoms with Crippen molar-refractivity contribution in [3.8, 4) is 0 Å². The molecule has 1 aliphatic heterocycles. The van der Waals surface area contributed by atoms with Crippen LogP contribution in [0.1, 0.15) is 50.4 Å². The normalized spacial score (nSPS) is 21.5. The molecule has 0 bridgehead atoms. The van der Waals surface area contributed by atoms with E-state index in [4.69, 9.17) is 0 Å². The molecule has 1 aliphatic carbocycles. The Morgan fingerprint density at radius 3 is 2.83 bits per heavy atom. The Labute approximate surface area is 144 Å². The van der Waals surface area contributed by atoms with Gasteiger partial charge in [0.2, 0.25) is 5.91 Å². The smallest absolute Gasteiger partial charge is 0.234 e. The highest BCUT2D eigenvalue weighted by molar-refractivity contribution is 5.77. The molecule has 2 fully saturated rings. The zero-order valence-electron chi connectivity index (χ0n) is 14.8. The highest BCUT2D eigenvalue weighted by atomic mass is 16.2. The van der Waals surface area contributed by atoms with Crippen LogP contribution in [0.3, 0.4) is 0 Å². The Morgan fingerprint density at radius 1 is 1.17 bits per heavy atom. The predicted molar refractivity (Wildman–Crippen MR) is 92.5 cm³/mol. The maximum absolute atomic E-state index is 12.3. The number of hydrogen-bond donors (Lipinski definition) is 1. The molecular formula is C17H30N6O. The van der Waals surface area contributed by atoms with Gasteiger partial charge >= 0.3 is 0 Å². The van der Waals surface area contributed by atoms with Crippen LogP contribution >= 0.6 is 0 Å². The van der Waals surface area contributed by atoms with E-state index in [9.17, 15) is 4.79 Å². The standard InChI is InChI=1S/C17H30N6O/c1-21-8-5-9-22(11-10-21)13-17(24)18-12-16-20-19-14-23(16)15-6-3-2-4-7-15/h14-15H,2-13H2,1H3,(H,18,24). The second-order valence-electron chi connectivity index (χ2n) is 7.16. The molecule has 3 rings (SSSR count). The van der Waals surface area contributed by atoms with Gasteiger partial charge in [0.25, 0.3) is 0 Å². The van der Waals surface area contributed by atoms with Crippen LogP contribution in [0.4, 0.5) is 0 Å². The Kier molecular flexibility index (Phi) is 6.20. The quantitative estimate of drug-likeness (QED) is 0.871. The van der Waals surface area contributed by atoms with Gasteiger partial charge in [-0.1, -0.05) is 19.3 Å². The summed E-state index contributed by atoms with van der Waals surface area (Å²) in [6.07, 6.45) is 9.22. The lowest BCUT2D eigenvalue weighted by atomic mass is 9.95. The minimum atomic E-state index is 0.0812. The van der Waals surface area contributed by atoms with Crippen molar-refractivity contribution in [1.82, 2.24) is 29.9 Å². The molecule has 0 radical (unpaired) electrons. The molecule has 1 N–H and O–H groups in total. The molecule has 1 aromatic heterocycles. The summed E-state index contributed by atoms with van der Waals surface area (Å²) >= 11 is 0. The van der Waals surface area contributed by atoms with Crippen LogP contribution in [-0.2, 0) is 11.3 Å². The maximum atomic E-state index is 12.3. The number of rotatable bonds is 5. The molecule has 1 aromatic rings. The van der Waals surface area contributed by atoms with Crippen LogP contribution in [0.25, 0.3) is 0 Å². The summed E-state index contributed by atoms with van der Waals surface area (Å²) in [6.45, 7) is 5.05. The van der Waals surface area contributed by atoms with Gasteiger partial charge in [-0.25, -0.2) is 0 Å². The molecule has 24 heavy (non-hydrogen) atoms. The minimum Gasteiger partial charge on any atom is -0.348 e. The zero-order valence-corrected chi connectivity index (χ0v) is 14.8. The van der Waals surface area contributed by atoms with E-state index in [1.54, 1.807) is 0 Å². The summed E-state index contributed by atoms with van der Waals surface area (Å²) in [4.78, 5) is 16.8. The molecule has 0 aromatic carbocycles. The fourth-order valence-electron chi connectivity index (χ4n) is 3.75. The van der Waals surface area contributed by atoms with Gasteiger partial charge in [-0.3, -0.25) is 9.69 Å². The van der Waals surface area contributed by atoms with Crippen molar-refractivity contribution in [3.05, 3.63) is 12.2 Å². The molecule has 1 amide bonds. The molecule has 7 nitrogen and oxygen atoms in total. The van der Waals surface area contributed by atoms with Gasteiger partial charge in [-0.05, 0) is 39.4 Å². The second kappa shape index (κ2) is 8.58. The third kappa shape index (κ3) is 4.77. The summed E-state index contributed by atoms with van der Waals surface area (Å²) < 4.78 is 2.17. The number of hydrogen-bond acceptors (Lipinski definition) is 5. The maximum Gasteiger partial charge on any atom is 0.234 e. The molecule has 2 heterocycles. The van der Waals surface area contributed by atoms with Crippen molar-refractivity contribution >= 4 is 5.91 Å². The lowest BCUT2D eigenvalue weighted by Crippen LogP contribution is -2.39. The third-order valence-corrected chi connectivity index (χ3v) is 5.24. The van der Waals surface area contributed by atoms with Crippen LogP contribution in [0.2, 0.25) is 0 Å². The lowest BCUT2D eigenvalue weighted by Gasteiger charge is -2.24. The van der Waals surface area contributed by atoms with E-state index < -0.39 is 0 Å². The monoisotopic (exact) mass is 334 g/mol.